The second-order valence-electron chi connectivity index (χ2n) is 3.55. The molecule has 1 unspecified atom stereocenters. The highest BCUT2D eigenvalue weighted by molar-refractivity contribution is 8.00. The third-order valence-corrected chi connectivity index (χ3v) is 3.60. The van der Waals surface area contributed by atoms with Crippen molar-refractivity contribution in [3.8, 4) is 0 Å². The fourth-order valence-corrected chi connectivity index (χ4v) is 2.35. The average Bonchev–Trinajstić information content (AvgIpc) is 2.34. The van der Waals surface area contributed by atoms with Gasteiger partial charge >= 0.3 is 6.18 Å². The van der Waals surface area contributed by atoms with E-state index in [2.05, 4.69) is 0 Å². The predicted molar refractivity (Wildman–Crippen MR) is 63.7 cm³/mol. The van der Waals surface area contributed by atoms with Crippen molar-refractivity contribution >= 4 is 17.7 Å². The first-order valence-corrected chi connectivity index (χ1v) is 6.10. The van der Waals surface area contributed by atoms with Gasteiger partial charge in [0.05, 0.1) is 10.8 Å². The highest BCUT2D eigenvalue weighted by Gasteiger charge is 2.30. The average molecular weight is 278 g/mol. The summed E-state index contributed by atoms with van der Waals surface area (Å²) in [7, 11) is 0. The number of hydrazine groups is 1. The Hall–Kier alpha value is -1.21. The molecule has 7 heteroatoms. The van der Waals surface area contributed by atoms with Crippen LogP contribution in [0.3, 0.4) is 0 Å². The number of hydrogen-bond donors (Lipinski definition) is 2. The zero-order valence-corrected chi connectivity index (χ0v) is 10.4. The molecule has 18 heavy (non-hydrogen) atoms. The van der Waals surface area contributed by atoms with Gasteiger partial charge in [-0.2, -0.15) is 13.2 Å². The van der Waals surface area contributed by atoms with Crippen LogP contribution in [0, 0.1) is 0 Å². The van der Waals surface area contributed by atoms with Gasteiger partial charge in [-0.25, -0.2) is 5.84 Å². The molecule has 1 rings (SSSR count). The number of benzene rings is 1. The Balaban J connectivity index is 2.88. The molecule has 1 aromatic rings. The number of thioether (sulfide) groups is 1. The first kappa shape index (κ1) is 14.8. The van der Waals surface area contributed by atoms with Crippen LogP contribution in [0.2, 0.25) is 0 Å². The van der Waals surface area contributed by atoms with Crippen molar-refractivity contribution in [2.75, 3.05) is 0 Å². The molecule has 1 amide bonds. The normalized spacial score (nSPS) is 13.2. The van der Waals surface area contributed by atoms with E-state index < -0.39 is 22.9 Å². The summed E-state index contributed by atoms with van der Waals surface area (Å²) >= 11 is 1.06. The van der Waals surface area contributed by atoms with Crippen molar-refractivity contribution in [2.45, 2.75) is 29.7 Å². The molecule has 0 aliphatic heterocycles. The fourth-order valence-electron chi connectivity index (χ4n) is 1.33. The van der Waals surface area contributed by atoms with E-state index in [1.807, 2.05) is 5.43 Å². The SMILES string of the molecule is CCC(Sc1cccc(C(F)(F)F)c1)C(=O)NN. The van der Waals surface area contributed by atoms with Crippen LogP contribution in [0.15, 0.2) is 29.2 Å². The van der Waals surface area contributed by atoms with Crippen LogP contribution in [-0.4, -0.2) is 11.2 Å². The van der Waals surface area contributed by atoms with Gasteiger partial charge in [0, 0.05) is 4.90 Å². The maximum atomic E-state index is 12.5. The van der Waals surface area contributed by atoms with Crippen molar-refractivity contribution in [1.82, 2.24) is 5.43 Å². The van der Waals surface area contributed by atoms with Gasteiger partial charge in [0.15, 0.2) is 0 Å². The molecule has 100 valence electrons. The van der Waals surface area contributed by atoms with Crippen LogP contribution in [-0.2, 0) is 11.0 Å². The van der Waals surface area contributed by atoms with Crippen LogP contribution in [0.25, 0.3) is 0 Å². The summed E-state index contributed by atoms with van der Waals surface area (Å²) in [5.74, 6) is 4.61. The van der Waals surface area contributed by atoms with E-state index in [1.54, 1.807) is 6.92 Å². The summed E-state index contributed by atoms with van der Waals surface area (Å²) in [5.41, 5.74) is 1.27. The molecular weight excluding hydrogens is 265 g/mol. The van der Waals surface area contributed by atoms with Gasteiger partial charge in [0.25, 0.3) is 0 Å². The Bertz CT molecular complexity index is 423. The molecule has 0 radical (unpaired) electrons. The molecule has 0 aliphatic carbocycles. The summed E-state index contributed by atoms with van der Waals surface area (Å²) < 4.78 is 37.5. The number of hydrogen-bond acceptors (Lipinski definition) is 3. The van der Waals surface area contributed by atoms with Crippen LogP contribution >= 0.6 is 11.8 Å². The second-order valence-corrected chi connectivity index (χ2v) is 4.83. The Morgan fingerprint density at radius 1 is 1.50 bits per heavy atom. The quantitative estimate of drug-likeness (QED) is 0.385. The molecule has 3 nitrogen and oxygen atoms in total. The van der Waals surface area contributed by atoms with E-state index in [4.69, 9.17) is 5.84 Å². The first-order valence-electron chi connectivity index (χ1n) is 5.22. The molecule has 1 atom stereocenters. The standard InChI is InChI=1S/C11H13F3N2OS/c1-2-9(10(17)16-15)18-8-5-3-4-7(6-8)11(12,13)14/h3-6,9H,2,15H2,1H3,(H,16,17). The Morgan fingerprint density at radius 3 is 2.67 bits per heavy atom. The Labute approximate surface area is 107 Å². The molecule has 1 aromatic carbocycles. The number of rotatable bonds is 4. The number of carbonyl (C=O) groups excluding carboxylic acids is 1. The van der Waals surface area contributed by atoms with Gasteiger partial charge in [0.1, 0.15) is 0 Å². The van der Waals surface area contributed by atoms with Crippen LogP contribution < -0.4 is 11.3 Å². The zero-order chi connectivity index (χ0) is 13.8. The highest BCUT2D eigenvalue weighted by atomic mass is 32.2. The van der Waals surface area contributed by atoms with Gasteiger partial charge in [-0.3, -0.25) is 10.2 Å². The predicted octanol–water partition coefficient (Wildman–Crippen LogP) is 2.57. The van der Waals surface area contributed by atoms with Gasteiger partial charge in [0.2, 0.25) is 5.91 Å². The van der Waals surface area contributed by atoms with Gasteiger partial charge in [-0.1, -0.05) is 13.0 Å². The molecule has 0 bridgehead atoms. The smallest absolute Gasteiger partial charge is 0.293 e. The van der Waals surface area contributed by atoms with Gasteiger partial charge in [-0.05, 0) is 24.6 Å². The Kier molecular flexibility index (Phi) is 5.03. The highest BCUT2D eigenvalue weighted by Crippen LogP contribution is 2.33. The minimum absolute atomic E-state index is 0.389. The molecule has 0 aromatic heterocycles. The summed E-state index contributed by atoms with van der Waals surface area (Å²) in [6.07, 6.45) is -3.90. The van der Waals surface area contributed by atoms with Crippen molar-refractivity contribution in [3.05, 3.63) is 29.8 Å². The summed E-state index contributed by atoms with van der Waals surface area (Å²) in [5, 5.41) is -0.501. The maximum absolute atomic E-state index is 12.5. The number of amides is 1. The molecule has 0 spiro atoms. The van der Waals surface area contributed by atoms with Crippen molar-refractivity contribution < 1.29 is 18.0 Å². The number of nitrogens with two attached hydrogens (primary N) is 1. The summed E-state index contributed by atoms with van der Waals surface area (Å²) in [6.45, 7) is 1.76. The maximum Gasteiger partial charge on any atom is 0.416 e. The number of halogens is 3. The van der Waals surface area contributed by atoms with E-state index in [-0.39, 0.29) is 0 Å². The number of nitrogens with one attached hydrogen (secondary N) is 1. The van der Waals surface area contributed by atoms with E-state index in [0.717, 1.165) is 23.9 Å². The molecular formula is C11H13F3N2OS. The fraction of sp³-hybridized carbons (Fsp3) is 0.364. The largest absolute Gasteiger partial charge is 0.416 e. The first-order chi connectivity index (χ1) is 8.38. The Morgan fingerprint density at radius 2 is 2.17 bits per heavy atom. The van der Waals surface area contributed by atoms with Crippen molar-refractivity contribution in [3.63, 3.8) is 0 Å². The minimum Gasteiger partial charge on any atom is -0.293 e. The summed E-state index contributed by atoms with van der Waals surface area (Å²) in [4.78, 5) is 11.7. The molecule has 3 N–H and O–H groups in total. The lowest BCUT2D eigenvalue weighted by Gasteiger charge is -2.14. The van der Waals surface area contributed by atoms with E-state index in [0.29, 0.717) is 11.3 Å². The third kappa shape index (κ3) is 3.92. The lowest BCUT2D eigenvalue weighted by atomic mass is 10.2. The van der Waals surface area contributed by atoms with Crippen molar-refractivity contribution in [1.29, 1.82) is 0 Å². The number of carbonyl (C=O) groups is 1. The number of alkyl halides is 3. The van der Waals surface area contributed by atoms with Gasteiger partial charge in [-0.15, -0.1) is 11.8 Å². The van der Waals surface area contributed by atoms with Crippen LogP contribution in [0.5, 0.6) is 0 Å². The van der Waals surface area contributed by atoms with E-state index >= 15 is 0 Å². The molecule has 0 aliphatic rings. The molecule has 0 fully saturated rings. The molecule has 0 heterocycles. The lowest BCUT2D eigenvalue weighted by Crippen LogP contribution is -2.37. The van der Waals surface area contributed by atoms with Crippen molar-refractivity contribution in [2.24, 2.45) is 5.84 Å². The zero-order valence-electron chi connectivity index (χ0n) is 9.62. The minimum atomic E-state index is -4.38. The van der Waals surface area contributed by atoms with Gasteiger partial charge < -0.3 is 0 Å². The second kappa shape index (κ2) is 6.10. The molecule has 0 saturated carbocycles. The van der Waals surface area contributed by atoms with E-state index in [9.17, 15) is 18.0 Å². The topological polar surface area (TPSA) is 55.1 Å². The van der Waals surface area contributed by atoms with E-state index in [1.165, 1.54) is 12.1 Å². The van der Waals surface area contributed by atoms with Crippen LogP contribution in [0.1, 0.15) is 18.9 Å². The summed E-state index contributed by atoms with van der Waals surface area (Å²) in [6, 6.07) is 4.87. The monoisotopic (exact) mass is 278 g/mol. The molecule has 0 saturated heterocycles. The van der Waals surface area contributed by atoms with Crippen LogP contribution in [0.4, 0.5) is 13.2 Å². The third-order valence-electron chi connectivity index (χ3n) is 2.25. The lowest BCUT2D eigenvalue weighted by molar-refractivity contribution is -0.137.